The molecule has 2 aliphatic rings. The number of hydrogen-bond acceptors (Lipinski definition) is 1. The molecule has 48 valence electrons. The van der Waals surface area contributed by atoms with Crippen molar-refractivity contribution < 1.29 is 4.79 Å². The number of carbonyl (C=O) groups excluding carboxylic acids is 1. The van der Waals surface area contributed by atoms with Gasteiger partial charge in [0.2, 0.25) is 5.91 Å². The van der Waals surface area contributed by atoms with Gasteiger partial charge in [0.1, 0.15) is 0 Å². The molecule has 0 radical (unpaired) electrons. The number of fused-ring (bicyclic) bond motifs is 1. The van der Waals surface area contributed by atoms with Crippen LogP contribution < -0.4 is 0 Å². The molecule has 0 saturated carbocycles. The molecule has 2 aliphatic heterocycles. The summed E-state index contributed by atoms with van der Waals surface area (Å²) in [5.41, 5.74) is 0. The van der Waals surface area contributed by atoms with Crippen LogP contribution in [0.2, 0.25) is 0 Å². The predicted octanol–water partition coefficient (Wildman–Crippen LogP) is 0.547. The lowest BCUT2D eigenvalue weighted by atomic mass is 9.96. The first-order valence-electron chi connectivity index (χ1n) is 3.32. The Labute approximate surface area is 54.1 Å². The monoisotopic (exact) mass is 123 g/mol. The maximum absolute atomic E-state index is 10.8. The van der Waals surface area contributed by atoms with Crippen LogP contribution >= 0.6 is 0 Å². The van der Waals surface area contributed by atoms with Crippen LogP contribution in [0, 0.1) is 0 Å². The highest BCUT2D eigenvalue weighted by atomic mass is 16.2. The van der Waals surface area contributed by atoms with E-state index in [1.807, 2.05) is 4.90 Å². The molecule has 0 bridgehead atoms. The van der Waals surface area contributed by atoms with Crippen LogP contribution in [0.5, 0.6) is 0 Å². The number of amides is 1. The fraction of sp³-hybridized carbons (Fsp3) is 0.571. The smallest absolute Gasteiger partial charge is 0.225 e. The summed E-state index contributed by atoms with van der Waals surface area (Å²) in [6.07, 6.45) is 6.08. The molecule has 9 heavy (non-hydrogen) atoms. The summed E-state index contributed by atoms with van der Waals surface area (Å²) >= 11 is 0. The average molecular weight is 123 g/mol. The van der Waals surface area contributed by atoms with Crippen LogP contribution in [0.25, 0.3) is 0 Å². The standard InChI is InChI=1S/C7H9NO/c9-7-5-6-3-1-2-4-8(6)7/h1-2,6H,3-5H2. The van der Waals surface area contributed by atoms with Crippen molar-refractivity contribution in [2.24, 2.45) is 0 Å². The van der Waals surface area contributed by atoms with E-state index in [1.165, 1.54) is 0 Å². The first-order valence-corrected chi connectivity index (χ1v) is 3.32. The summed E-state index contributed by atoms with van der Waals surface area (Å²) in [4.78, 5) is 12.7. The van der Waals surface area contributed by atoms with Crippen molar-refractivity contribution in [1.82, 2.24) is 4.90 Å². The van der Waals surface area contributed by atoms with Gasteiger partial charge in [-0.3, -0.25) is 4.79 Å². The Kier molecular flexibility index (Phi) is 0.891. The normalized spacial score (nSPS) is 31.8. The third-order valence-corrected chi connectivity index (χ3v) is 2.05. The Hall–Kier alpha value is -0.790. The maximum atomic E-state index is 10.8. The van der Waals surface area contributed by atoms with Crippen molar-refractivity contribution in [3.63, 3.8) is 0 Å². The van der Waals surface area contributed by atoms with E-state index in [0.717, 1.165) is 19.4 Å². The van der Waals surface area contributed by atoms with Gasteiger partial charge in [0.05, 0.1) is 0 Å². The molecule has 0 aromatic carbocycles. The summed E-state index contributed by atoms with van der Waals surface area (Å²) in [6, 6.07) is 0.558. The second-order valence-electron chi connectivity index (χ2n) is 2.61. The second-order valence-corrected chi connectivity index (χ2v) is 2.61. The number of carbonyl (C=O) groups is 1. The van der Waals surface area contributed by atoms with E-state index in [4.69, 9.17) is 0 Å². The Morgan fingerprint density at radius 1 is 1.56 bits per heavy atom. The van der Waals surface area contributed by atoms with Crippen LogP contribution in [-0.4, -0.2) is 23.4 Å². The van der Waals surface area contributed by atoms with Gasteiger partial charge in [0.25, 0.3) is 0 Å². The molecule has 0 aromatic heterocycles. The lowest BCUT2D eigenvalue weighted by Gasteiger charge is -2.41. The molecule has 1 saturated heterocycles. The average Bonchev–Trinajstić information content (AvgIpc) is 1.86. The number of rotatable bonds is 0. The van der Waals surface area contributed by atoms with E-state index < -0.39 is 0 Å². The first-order chi connectivity index (χ1) is 4.38. The quantitative estimate of drug-likeness (QED) is 0.340. The van der Waals surface area contributed by atoms with Crippen LogP contribution in [-0.2, 0) is 4.79 Å². The largest absolute Gasteiger partial charge is 0.335 e. The molecule has 1 fully saturated rings. The highest BCUT2D eigenvalue weighted by molar-refractivity contribution is 5.83. The maximum Gasteiger partial charge on any atom is 0.225 e. The second kappa shape index (κ2) is 1.59. The Morgan fingerprint density at radius 2 is 2.44 bits per heavy atom. The van der Waals surface area contributed by atoms with Gasteiger partial charge in [-0.2, -0.15) is 0 Å². The minimum absolute atomic E-state index is 0.323. The molecule has 2 rings (SSSR count). The molecule has 1 atom stereocenters. The van der Waals surface area contributed by atoms with Crippen LogP contribution in [0.1, 0.15) is 12.8 Å². The van der Waals surface area contributed by atoms with E-state index in [1.54, 1.807) is 0 Å². The molecular formula is C7H9NO. The van der Waals surface area contributed by atoms with Gasteiger partial charge in [-0.25, -0.2) is 0 Å². The highest BCUT2D eigenvalue weighted by Gasteiger charge is 2.35. The van der Waals surface area contributed by atoms with Crippen LogP contribution in [0.4, 0.5) is 0 Å². The zero-order valence-corrected chi connectivity index (χ0v) is 5.21. The van der Waals surface area contributed by atoms with Gasteiger partial charge in [-0.15, -0.1) is 0 Å². The number of nitrogens with zero attached hydrogens (tertiary/aromatic N) is 1. The molecule has 2 heterocycles. The Balaban J connectivity index is 2.12. The lowest BCUT2D eigenvalue weighted by molar-refractivity contribution is -0.145. The summed E-state index contributed by atoms with van der Waals surface area (Å²) in [5.74, 6) is 0.323. The fourth-order valence-corrected chi connectivity index (χ4v) is 1.42. The van der Waals surface area contributed by atoms with Crippen molar-refractivity contribution in [2.45, 2.75) is 18.9 Å². The minimum atomic E-state index is 0.323. The van der Waals surface area contributed by atoms with Crippen molar-refractivity contribution in [2.75, 3.05) is 6.54 Å². The van der Waals surface area contributed by atoms with E-state index >= 15 is 0 Å². The predicted molar refractivity (Wildman–Crippen MR) is 33.9 cm³/mol. The summed E-state index contributed by atoms with van der Waals surface area (Å²) in [6.45, 7) is 0.851. The third-order valence-electron chi connectivity index (χ3n) is 2.05. The molecule has 0 N–H and O–H groups in total. The zero-order valence-electron chi connectivity index (χ0n) is 5.21. The topological polar surface area (TPSA) is 20.3 Å². The highest BCUT2D eigenvalue weighted by Crippen LogP contribution is 2.24. The molecule has 0 spiro atoms. The van der Waals surface area contributed by atoms with Crippen molar-refractivity contribution in [1.29, 1.82) is 0 Å². The van der Waals surface area contributed by atoms with Gasteiger partial charge in [0.15, 0.2) is 0 Å². The Morgan fingerprint density at radius 3 is 3.00 bits per heavy atom. The molecule has 0 aromatic rings. The minimum Gasteiger partial charge on any atom is -0.335 e. The molecule has 1 unspecified atom stereocenters. The van der Waals surface area contributed by atoms with Crippen LogP contribution in [0.3, 0.4) is 0 Å². The molecule has 1 amide bonds. The summed E-state index contributed by atoms with van der Waals surface area (Å²) < 4.78 is 0. The zero-order chi connectivity index (χ0) is 6.27. The van der Waals surface area contributed by atoms with Gasteiger partial charge in [-0.1, -0.05) is 12.2 Å². The van der Waals surface area contributed by atoms with Gasteiger partial charge in [-0.05, 0) is 6.42 Å². The molecule has 0 aliphatic carbocycles. The molecule has 2 nitrogen and oxygen atoms in total. The summed E-state index contributed by atoms with van der Waals surface area (Å²) in [7, 11) is 0. The van der Waals surface area contributed by atoms with Crippen molar-refractivity contribution >= 4 is 5.91 Å². The van der Waals surface area contributed by atoms with E-state index in [9.17, 15) is 4.79 Å². The molecular weight excluding hydrogens is 114 g/mol. The van der Waals surface area contributed by atoms with Gasteiger partial charge < -0.3 is 4.90 Å². The third kappa shape index (κ3) is 0.590. The first kappa shape index (κ1) is 5.03. The van der Waals surface area contributed by atoms with Crippen molar-refractivity contribution in [3.05, 3.63) is 12.2 Å². The lowest BCUT2D eigenvalue weighted by Crippen LogP contribution is -2.53. The fourth-order valence-electron chi connectivity index (χ4n) is 1.42. The van der Waals surface area contributed by atoms with E-state index in [-0.39, 0.29) is 0 Å². The van der Waals surface area contributed by atoms with Gasteiger partial charge >= 0.3 is 0 Å². The molecule has 2 heteroatoms. The van der Waals surface area contributed by atoms with Gasteiger partial charge in [0, 0.05) is 19.0 Å². The van der Waals surface area contributed by atoms with E-state index in [2.05, 4.69) is 12.2 Å². The summed E-state index contributed by atoms with van der Waals surface area (Å²) in [5, 5.41) is 0. The number of hydrogen-bond donors (Lipinski definition) is 0. The SMILES string of the molecule is O=C1CC2CC=CCN12. The van der Waals surface area contributed by atoms with Crippen LogP contribution in [0.15, 0.2) is 12.2 Å². The number of β-lactam (4-membered cyclic amide) rings is 1. The Bertz CT molecular complexity index is 174. The van der Waals surface area contributed by atoms with Crippen molar-refractivity contribution in [3.8, 4) is 0 Å². The van der Waals surface area contributed by atoms with E-state index in [0.29, 0.717) is 11.9 Å².